The first-order chi connectivity index (χ1) is 9.20. The van der Waals surface area contributed by atoms with Crippen LogP contribution in [0.1, 0.15) is 33.6 Å². The second kappa shape index (κ2) is 6.58. The molecule has 1 fully saturated rings. The number of aliphatic carboxylic acids is 1. The zero-order valence-electron chi connectivity index (χ0n) is 12.2. The van der Waals surface area contributed by atoms with Gasteiger partial charge in [0.05, 0.1) is 6.42 Å². The molecule has 1 heterocycles. The standard InChI is InChI=1S/C13H23N3O4/c1-13(2,3)4-5-15-12(20)16-7-6-14-11(19)9(16)8-10(17)18/h9H,4-8H2,1-3H3,(H,14,19)(H,15,20)(H,17,18). The minimum Gasteiger partial charge on any atom is -0.481 e. The van der Waals surface area contributed by atoms with Crippen LogP contribution in [0.4, 0.5) is 4.79 Å². The maximum absolute atomic E-state index is 12.1. The lowest BCUT2D eigenvalue weighted by Gasteiger charge is -2.34. The molecule has 0 saturated carbocycles. The maximum Gasteiger partial charge on any atom is 0.318 e. The number of hydrogen-bond acceptors (Lipinski definition) is 3. The molecule has 1 aliphatic heterocycles. The monoisotopic (exact) mass is 285 g/mol. The van der Waals surface area contributed by atoms with Crippen molar-refractivity contribution in [3.63, 3.8) is 0 Å². The van der Waals surface area contributed by atoms with Crippen LogP contribution in [-0.2, 0) is 9.59 Å². The molecule has 0 aromatic heterocycles. The van der Waals surface area contributed by atoms with Gasteiger partial charge in [-0.3, -0.25) is 9.59 Å². The molecule has 1 unspecified atom stereocenters. The van der Waals surface area contributed by atoms with Crippen LogP contribution in [-0.4, -0.2) is 53.6 Å². The van der Waals surface area contributed by atoms with Crippen LogP contribution < -0.4 is 10.6 Å². The second-order valence-electron chi connectivity index (χ2n) is 6.14. The zero-order chi connectivity index (χ0) is 15.3. The number of carbonyl (C=O) groups is 3. The molecule has 7 heteroatoms. The summed E-state index contributed by atoms with van der Waals surface area (Å²) in [5.74, 6) is -1.51. The number of rotatable bonds is 4. The van der Waals surface area contributed by atoms with Crippen LogP contribution in [0.25, 0.3) is 0 Å². The molecule has 0 aromatic carbocycles. The topological polar surface area (TPSA) is 98.7 Å². The fourth-order valence-electron chi connectivity index (χ4n) is 1.97. The molecule has 20 heavy (non-hydrogen) atoms. The highest BCUT2D eigenvalue weighted by Crippen LogP contribution is 2.17. The predicted molar refractivity (Wildman–Crippen MR) is 73.2 cm³/mol. The Bertz CT molecular complexity index is 390. The lowest BCUT2D eigenvalue weighted by molar-refractivity contribution is -0.142. The van der Waals surface area contributed by atoms with Crippen molar-refractivity contribution in [2.45, 2.75) is 39.7 Å². The lowest BCUT2D eigenvalue weighted by atomic mass is 9.92. The number of amides is 3. The SMILES string of the molecule is CC(C)(C)CCNC(=O)N1CCNC(=O)C1CC(=O)O. The fourth-order valence-corrected chi connectivity index (χ4v) is 1.97. The van der Waals surface area contributed by atoms with E-state index in [1.807, 2.05) is 0 Å². The summed E-state index contributed by atoms with van der Waals surface area (Å²) in [5, 5.41) is 14.2. The van der Waals surface area contributed by atoms with E-state index in [1.165, 1.54) is 4.90 Å². The molecule has 1 aliphatic rings. The summed E-state index contributed by atoms with van der Waals surface area (Å²) >= 11 is 0. The van der Waals surface area contributed by atoms with Gasteiger partial charge in [-0.2, -0.15) is 0 Å². The van der Waals surface area contributed by atoms with Crippen molar-refractivity contribution < 1.29 is 19.5 Å². The number of carboxylic acid groups (broad SMARTS) is 1. The number of nitrogens with zero attached hydrogens (tertiary/aromatic N) is 1. The summed E-state index contributed by atoms with van der Waals surface area (Å²) in [6.07, 6.45) is 0.431. The Morgan fingerprint density at radius 3 is 2.65 bits per heavy atom. The van der Waals surface area contributed by atoms with E-state index in [-0.39, 0.29) is 17.9 Å². The number of hydrogen-bond donors (Lipinski definition) is 3. The Morgan fingerprint density at radius 2 is 2.10 bits per heavy atom. The molecule has 3 amide bonds. The predicted octanol–water partition coefficient (Wildman–Crippen LogP) is 0.407. The molecule has 0 spiro atoms. The van der Waals surface area contributed by atoms with Crippen LogP contribution in [0, 0.1) is 5.41 Å². The molecule has 1 atom stereocenters. The highest BCUT2D eigenvalue weighted by atomic mass is 16.4. The van der Waals surface area contributed by atoms with Gasteiger partial charge in [0, 0.05) is 19.6 Å². The molecule has 1 saturated heterocycles. The summed E-state index contributed by atoms with van der Waals surface area (Å²) in [6, 6.07) is -1.31. The van der Waals surface area contributed by atoms with Crippen molar-refractivity contribution in [1.82, 2.24) is 15.5 Å². The van der Waals surface area contributed by atoms with E-state index in [0.717, 1.165) is 6.42 Å². The van der Waals surface area contributed by atoms with Crippen molar-refractivity contribution in [3.8, 4) is 0 Å². The maximum atomic E-state index is 12.1. The Morgan fingerprint density at radius 1 is 1.45 bits per heavy atom. The summed E-state index contributed by atoms with van der Waals surface area (Å²) < 4.78 is 0. The van der Waals surface area contributed by atoms with E-state index >= 15 is 0 Å². The molecule has 7 nitrogen and oxygen atoms in total. The van der Waals surface area contributed by atoms with Gasteiger partial charge in [-0.05, 0) is 11.8 Å². The van der Waals surface area contributed by atoms with Crippen LogP contribution in [0.2, 0.25) is 0 Å². The Kier molecular flexibility index (Phi) is 5.35. The third-order valence-corrected chi connectivity index (χ3v) is 3.11. The van der Waals surface area contributed by atoms with Crippen LogP contribution >= 0.6 is 0 Å². The molecule has 0 aromatic rings. The number of urea groups is 1. The quantitative estimate of drug-likeness (QED) is 0.696. The van der Waals surface area contributed by atoms with Gasteiger partial charge >= 0.3 is 12.0 Å². The van der Waals surface area contributed by atoms with E-state index in [1.54, 1.807) is 0 Å². The van der Waals surface area contributed by atoms with E-state index < -0.39 is 17.9 Å². The van der Waals surface area contributed by atoms with E-state index in [9.17, 15) is 14.4 Å². The van der Waals surface area contributed by atoms with Gasteiger partial charge in [-0.25, -0.2) is 4.79 Å². The van der Waals surface area contributed by atoms with Crippen molar-refractivity contribution in [3.05, 3.63) is 0 Å². The average molecular weight is 285 g/mol. The summed E-state index contributed by atoms with van der Waals surface area (Å²) in [5.41, 5.74) is 0.104. The van der Waals surface area contributed by atoms with Crippen molar-refractivity contribution in [2.24, 2.45) is 5.41 Å². The molecule has 0 aliphatic carbocycles. The minimum absolute atomic E-state index is 0.104. The largest absolute Gasteiger partial charge is 0.481 e. The first kappa shape index (κ1) is 16.3. The molecular formula is C13H23N3O4. The first-order valence-corrected chi connectivity index (χ1v) is 6.75. The number of carbonyl (C=O) groups excluding carboxylic acids is 2. The third-order valence-electron chi connectivity index (χ3n) is 3.11. The van der Waals surface area contributed by atoms with E-state index in [0.29, 0.717) is 19.6 Å². The first-order valence-electron chi connectivity index (χ1n) is 6.75. The Balaban J connectivity index is 2.58. The highest BCUT2D eigenvalue weighted by molar-refractivity contribution is 5.91. The average Bonchev–Trinajstić information content (AvgIpc) is 2.29. The molecule has 1 rings (SSSR count). The highest BCUT2D eigenvalue weighted by Gasteiger charge is 2.34. The van der Waals surface area contributed by atoms with Crippen molar-refractivity contribution in [1.29, 1.82) is 0 Å². The number of carboxylic acids is 1. The number of nitrogens with one attached hydrogen (secondary N) is 2. The van der Waals surface area contributed by atoms with Gasteiger partial charge in [0.15, 0.2) is 0 Å². The zero-order valence-corrected chi connectivity index (χ0v) is 12.2. The molecule has 0 radical (unpaired) electrons. The lowest BCUT2D eigenvalue weighted by Crippen LogP contribution is -2.60. The smallest absolute Gasteiger partial charge is 0.318 e. The van der Waals surface area contributed by atoms with Gasteiger partial charge in [-0.1, -0.05) is 20.8 Å². The normalized spacial score (nSPS) is 19.4. The fraction of sp³-hybridized carbons (Fsp3) is 0.769. The van der Waals surface area contributed by atoms with Crippen LogP contribution in [0.5, 0.6) is 0 Å². The second-order valence-corrected chi connectivity index (χ2v) is 6.14. The molecule has 0 bridgehead atoms. The van der Waals surface area contributed by atoms with E-state index in [4.69, 9.17) is 5.11 Å². The van der Waals surface area contributed by atoms with E-state index in [2.05, 4.69) is 31.4 Å². The Labute approximate surface area is 118 Å². The number of piperazine rings is 1. The van der Waals surface area contributed by atoms with Gasteiger partial charge in [0.2, 0.25) is 5.91 Å². The molecular weight excluding hydrogens is 262 g/mol. The van der Waals surface area contributed by atoms with Crippen molar-refractivity contribution >= 4 is 17.9 Å². The summed E-state index contributed by atoms with van der Waals surface area (Å²) in [7, 11) is 0. The van der Waals surface area contributed by atoms with Crippen LogP contribution in [0.15, 0.2) is 0 Å². The van der Waals surface area contributed by atoms with Crippen LogP contribution in [0.3, 0.4) is 0 Å². The van der Waals surface area contributed by atoms with Gasteiger partial charge in [0.1, 0.15) is 6.04 Å². The van der Waals surface area contributed by atoms with Gasteiger partial charge in [0.25, 0.3) is 0 Å². The van der Waals surface area contributed by atoms with Crippen molar-refractivity contribution in [2.75, 3.05) is 19.6 Å². The summed E-state index contributed by atoms with van der Waals surface area (Å²) in [6.45, 7) is 7.38. The van der Waals surface area contributed by atoms with Gasteiger partial charge in [-0.15, -0.1) is 0 Å². The van der Waals surface area contributed by atoms with Gasteiger partial charge < -0.3 is 20.6 Å². The summed E-state index contributed by atoms with van der Waals surface area (Å²) in [4.78, 5) is 35.8. The Hall–Kier alpha value is -1.79. The molecule has 3 N–H and O–H groups in total. The minimum atomic E-state index is -1.10. The molecule has 114 valence electrons. The third kappa shape index (κ3) is 5.07.